The third kappa shape index (κ3) is 2.73. The first-order valence-electron chi connectivity index (χ1n) is 3.98. The molecular formula is C8H16O4Si. The van der Waals surface area contributed by atoms with Gasteiger partial charge in [-0.15, -0.1) is 0 Å². The van der Waals surface area contributed by atoms with E-state index >= 15 is 0 Å². The monoisotopic (exact) mass is 204 g/mol. The molecule has 0 aromatic heterocycles. The van der Waals surface area contributed by atoms with E-state index in [9.17, 15) is 4.79 Å². The molecule has 4 nitrogen and oxygen atoms in total. The fraction of sp³-hybridized carbons (Fsp3) is 0.625. The predicted molar refractivity (Wildman–Crippen MR) is 51.2 cm³/mol. The van der Waals surface area contributed by atoms with E-state index in [-0.39, 0.29) is 5.41 Å². The molecular weight excluding hydrogens is 188 g/mol. The normalized spacial score (nSPS) is 11.4. The smallest absolute Gasteiger partial charge is 0.372 e. The van der Waals surface area contributed by atoms with E-state index in [1.165, 1.54) is 14.2 Å². The molecule has 13 heavy (non-hydrogen) atoms. The molecule has 0 aromatic rings. The maximum Gasteiger partial charge on any atom is 0.579 e. The Morgan fingerprint density at radius 1 is 1.38 bits per heavy atom. The van der Waals surface area contributed by atoms with Crippen molar-refractivity contribution in [1.29, 1.82) is 0 Å². The van der Waals surface area contributed by atoms with Gasteiger partial charge in [0, 0.05) is 20.8 Å². The van der Waals surface area contributed by atoms with Gasteiger partial charge in [0.25, 0.3) is 0 Å². The van der Waals surface area contributed by atoms with E-state index in [4.69, 9.17) is 13.3 Å². The standard InChI is InChI=1S/C8H16O4Si/c1-6-12-13(10-4,11-5)8(9)7(2)3/h2,6H2,1,3-5H3. The fourth-order valence-electron chi connectivity index (χ4n) is 0.903. The molecule has 0 aliphatic rings. The molecule has 0 unspecified atom stereocenters. The number of rotatable bonds is 6. The fourth-order valence-corrected chi connectivity index (χ4v) is 2.71. The summed E-state index contributed by atoms with van der Waals surface area (Å²) in [4.78, 5) is 11.6. The van der Waals surface area contributed by atoms with Crippen LogP contribution in [0.4, 0.5) is 0 Å². The van der Waals surface area contributed by atoms with Crippen molar-refractivity contribution in [3.8, 4) is 0 Å². The van der Waals surface area contributed by atoms with E-state index in [1.54, 1.807) is 13.8 Å². The molecule has 0 heterocycles. The van der Waals surface area contributed by atoms with Crippen LogP contribution in [0.3, 0.4) is 0 Å². The molecule has 0 N–H and O–H groups in total. The van der Waals surface area contributed by atoms with Gasteiger partial charge >= 0.3 is 8.80 Å². The van der Waals surface area contributed by atoms with Crippen molar-refractivity contribution in [3.63, 3.8) is 0 Å². The maximum atomic E-state index is 11.6. The van der Waals surface area contributed by atoms with E-state index < -0.39 is 8.80 Å². The van der Waals surface area contributed by atoms with Crippen LogP contribution in [0.5, 0.6) is 0 Å². The minimum atomic E-state index is -3.15. The summed E-state index contributed by atoms with van der Waals surface area (Å²) in [5.74, 6) is 0. The average molecular weight is 204 g/mol. The Labute approximate surface area is 79.9 Å². The first kappa shape index (κ1) is 12.5. The maximum absolute atomic E-state index is 11.6. The van der Waals surface area contributed by atoms with Gasteiger partial charge in [-0.25, -0.2) is 0 Å². The zero-order valence-electron chi connectivity index (χ0n) is 8.55. The minimum absolute atomic E-state index is 0.264. The summed E-state index contributed by atoms with van der Waals surface area (Å²) < 4.78 is 15.3. The van der Waals surface area contributed by atoms with Crippen molar-refractivity contribution in [1.82, 2.24) is 0 Å². The average Bonchev–Trinajstić information content (AvgIpc) is 2.13. The lowest BCUT2D eigenvalue weighted by molar-refractivity contribution is -0.115. The zero-order chi connectivity index (χ0) is 10.5. The van der Waals surface area contributed by atoms with Gasteiger partial charge in [-0.1, -0.05) is 6.58 Å². The molecule has 0 fully saturated rings. The van der Waals surface area contributed by atoms with E-state index in [1.807, 2.05) is 0 Å². The molecule has 0 atom stereocenters. The highest BCUT2D eigenvalue weighted by molar-refractivity contribution is 6.94. The molecule has 5 heteroatoms. The Morgan fingerprint density at radius 2 is 1.85 bits per heavy atom. The van der Waals surface area contributed by atoms with Gasteiger partial charge in [0.1, 0.15) is 0 Å². The van der Waals surface area contributed by atoms with Crippen LogP contribution in [0.1, 0.15) is 13.8 Å². The quantitative estimate of drug-likeness (QED) is 0.477. The molecule has 0 spiro atoms. The highest BCUT2D eigenvalue weighted by Crippen LogP contribution is 2.12. The van der Waals surface area contributed by atoms with E-state index in [0.29, 0.717) is 12.2 Å². The molecule has 76 valence electrons. The van der Waals surface area contributed by atoms with Crippen LogP contribution < -0.4 is 0 Å². The second-order valence-electron chi connectivity index (χ2n) is 2.51. The SMILES string of the molecule is C=C(C)C(=O)[Si](OC)(OC)OCC. The molecule has 0 radical (unpaired) electrons. The van der Waals surface area contributed by atoms with Crippen LogP contribution in [-0.2, 0) is 18.1 Å². The van der Waals surface area contributed by atoms with Crippen molar-refractivity contribution in [2.75, 3.05) is 20.8 Å². The Hall–Kier alpha value is -0.493. The van der Waals surface area contributed by atoms with E-state index in [0.717, 1.165) is 0 Å². The third-order valence-electron chi connectivity index (χ3n) is 1.54. The van der Waals surface area contributed by atoms with Gasteiger partial charge in [0.15, 0.2) is 0 Å². The molecule has 0 aliphatic carbocycles. The van der Waals surface area contributed by atoms with Crippen LogP contribution in [0.25, 0.3) is 0 Å². The van der Waals surface area contributed by atoms with Crippen molar-refractivity contribution in [2.24, 2.45) is 0 Å². The molecule has 0 aromatic carbocycles. The van der Waals surface area contributed by atoms with Gasteiger partial charge in [-0.05, 0) is 19.4 Å². The largest absolute Gasteiger partial charge is 0.579 e. The van der Waals surface area contributed by atoms with Gasteiger partial charge in [-0.2, -0.15) is 0 Å². The Bertz CT molecular complexity index is 198. The lowest BCUT2D eigenvalue weighted by Gasteiger charge is -2.23. The van der Waals surface area contributed by atoms with Gasteiger partial charge in [0.2, 0.25) is 5.41 Å². The minimum Gasteiger partial charge on any atom is -0.372 e. The Morgan fingerprint density at radius 3 is 2.08 bits per heavy atom. The molecule has 0 amide bonds. The number of carbonyl (C=O) groups excluding carboxylic acids is 1. The molecule has 0 aliphatic heterocycles. The number of allylic oxidation sites excluding steroid dienone is 1. The number of hydrogen-bond donors (Lipinski definition) is 0. The second kappa shape index (κ2) is 5.28. The molecule has 0 saturated heterocycles. The molecule has 0 saturated carbocycles. The zero-order valence-corrected chi connectivity index (χ0v) is 9.55. The van der Waals surface area contributed by atoms with E-state index in [2.05, 4.69) is 6.58 Å². The first-order valence-corrected chi connectivity index (χ1v) is 5.71. The lowest BCUT2D eigenvalue weighted by Crippen LogP contribution is -2.52. The van der Waals surface area contributed by atoms with Crippen molar-refractivity contribution < 1.29 is 18.1 Å². The number of carbonyl (C=O) groups is 1. The van der Waals surface area contributed by atoms with Gasteiger partial charge in [0.05, 0.1) is 0 Å². The van der Waals surface area contributed by atoms with Crippen LogP contribution in [0.2, 0.25) is 0 Å². The van der Waals surface area contributed by atoms with Crippen molar-refractivity contribution in [3.05, 3.63) is 12.2 Å². The van der Waals surface area contributed by atoms with Crippen LogP contribution in [0, 0.1) is 0 Å². The summed E-state index contributed by atoms with van der Waals surface area (Å²) in [6, 6.07) is 0. The highest BCUT2D eigenvalue weighted by atomic mass is 28.4. The summed E-state index contributed by atoms with van der Waals surface area (Å²) in [6.07, 6.45) is 0. The summed E-state index contributed by atoms with van der Waals surface area (Å²) in [7, 11) is -0.330. The molecule has 0 rings (SSSR count). The Kier molecular flexibility index (Phi) is 5.08. The van der Waals surface area contributed by atoms with Crippen LogP contribution in [0.15, 0.2) is 12.2 Å². The Balaban J connectivity index is 4.74. The molecule has 0 bridgehead atoms. The highest BCUT2D eigenvalue weighted by Gasteiger charge is 2.48. The van der Waals surface area contributed by atoms with Crippen LogP contribution >= 0.6 is 0 Å². The summed E-state index contributed by atoms with van der Waals surface area (Å²) in [6.45, 7) is 7.32. The number of hydrogen-bond acceptors (Lipinski definition) is 4. The summed E-state index contributed by atoms with van der Waals surface area (Å²) >= 11 is 0. The lowest BCUT2D eigenvalue weighted by atomic mass is 10.4. The summed E-state index contributed by atoms with van der Waals surface area (Å²) in [5, 5.41) is -0.264. The van der Waals surface area contributed by atoms with Crippen LogP contribution in [-0.4, -0.2) is 35.0 Å². The van der Waals surface area contributed by atoms with Gasteiger partial charge < -0.3 is 13.3 Å². The second-order valence-corrected chi connectivity index (χ2v) is 5.18. The van der Waals surface area contributed by atoms with Gasteiger partial charge in [-0.3, -0.25) is 4.79 Å². The summed E-state index contributed by atoms with van der Waals surface area (Å²) in [5.41, 5.74) is 0.392. The topological polar surface area (TPSA) is 44.8 Å². The predicted octanol–water partition coefficient (Wildman–Crippen LogP) is 0.939. The first-order chi connectivity index (χ1) is 6.04. The van der Waals surface area contributed by atoms with Crippen molar-refractivity contribution >= 4 is 14.2 Å². The third-order valence-corrected chi connectivity index (χ3v) is 4.26. The van der Waals surface area contributed by atoms with Crippen molar-refractivity contribution in [2.45, 2.75) is 13.8 Å².